The van der Waals surface area contributed by atoms with Gasteiger partial charge in [-0.05, 0) is 25.1 Å². The fourth-order valence-electron chi connectivity index (χ4n) is 2.42. The molecule has 2 aromatic rings. The van der Waals surface area contributed by atoms with Gasteiger partial charge in [-0.2, -0.15) is 4.31 Å². The number of thioether (sulfide) groups is 1. The molecule has 6 nitrogen and oxygen atoms in total. The number of benzene rings is 1. The lowest BCUT2D eigenvalue weighted by molar-refractivity contribution is -0.124. The maximum atomic E-state index is 12.8. The molecule has 0 bridgehead atoms. The number of aromatic nitrogens is 1. The molecule has 0 saturated carbocycles. The lowest BCUT2D eigenvalue weighted by Crippen LogP contribution is -2.46. The summed E-state index contributed by atoms with van der Waals surface area (Å²) in [6.45, 7) is 2.18. The molecule has 1 aromatic carbocycles. The number of sulfonamides is 1. The minimum Gasteiger partial charge on any atom is -0.349 e. The molecule has 2 heterocycles. The van der Waals surface area contributed by atoms with Gasteiger partial charge in [-0.15, -0.1) is 23.1 Å². The fraction of sp³-hybridized carbons (Fsp3) is 0.333. The maximum absolute atomic E-state index is 12.8. The zero-order valence-electron chi connectivity index (χ0n) is 13.3. The Morgan fingerprint density at radius 1 is 1.48 bits per heavy atom. The molecule has 1 saturated heterocycles. The SMILES string of the molecule is Cc1nc(CNC(=O)C2CSCN2S(=O)(=O)c2cccc(Cl)c2)cs1. The van der Waals surface area contributed by atoms with Gasteiger partial charge in [0.25, 0.3) is 0 Å². The average molecular weight is 418 g/mol. The molecule has 134 valence electrons. The van der Waals surface area contributed by atoms with E-state index in [1.165, 1.54) is 39.5 Å². The molecule has 1 unspecified atom stereocenters. The van der Waals surface area contributed by atoms with E-state index in [-0.39, 0.29) is 23.2 Å². The lowest BCUT2D eigenvalue weighted by Gasteiger charge is -2.22. The predicted octanol–water partition coefficient (Wildman–Crippen LogP) is 2.48. The number of aryl methyl sites for hydroxylation is 1. The third-order valence-electron chi connectivity index (χ3n) is 3.66. The Morgan fingerprint density at radius 2 is 2.28 bits per heavy atom. The van der Waals surface area contributed by atoms with Crippen LogP contribution < -0.4 is 5.32 Å². The van der Waals surface area contributed by atoms with Gasteiger partial charge in [0.05, 0.1) is 28.0 Å². The first-order chi connectivity index (χ1) is 11.9. The van der Waals surface area contributed by atoms with Crippen LogP contribution in [0.3, 0.4) is 0 Å². The summed E-state index contributed by atoms with van der Waals surface area (Å²) in [5.41, 5.74) is 0.769. The summed E-state index contributed by atoms with van der Waals surface area (Å²) >= 11 is 8.82. The Bertz CT molecular complexity index is 885. The maximum Gasteiger partial charge on any atom is 0.244 e. The molecular weight excluding hydrogens is 402 g/mol. The van der Waals surface area contributed by atoms with E-state index in [0.29, 0.717) is 10.8 Å². The Labute approximate surface area is 159 Å². The van der Waals surface area contributed by atoms with Gasteiger partial charge in [-0.1, -0.05) is 17.7 Å². The van der Waals surface area contributed by atoms with Crippen LogP contribution in [0.15, 0.2) is 34.5 Å². The molecule has 1 aromatic heterocycles. The van der Waals surface area contributed by atoms with Gasteiger partial charge in [-0.25, -0.2) is 13.4 Å². The van der Waals surface area contributed by atoms with Crippen LogP contribution in [-0.4, -0.2) is 41.3 Å². The van der Waals surface area contributed by atoms with Crippen molar-refractivity contribution in [3.8, 4) is 0 Å². The van der Waals surface area contributed by atoms with Gasteiger partial charge in [0, 0.05) is 16.2 Å². The largest absolute Gasteiger partial charge is 0.349 e. The normalized spacial score (nSPS) is 18.4. The van der Waals surface area contributed by atoms with E-state index in [9.17, 15) is 13.2 Å². The van der Waals surface area contributed by atoms with Gasteiger partial charge in [-0.3, -0.25) is 4.79 Å². The van der Waals surface area contributed by atoms with E-state index in [4.69, 9.17) is 11.6 Å². The summed E-state index contributed by atoms with van der Waals surface area (Å²) in [6, 6.07) is 5.33. The summed E-state index contributed by atoms with van der Waals surface area (Å²) in [5.74, 6) is 0.339. The summed E-state index contributed by atoms with van der Waals surface area (Å²) in [5, 5.41) is 5.92. The highest BCUT2D eigenvalue weighted by molar-refractivity contribution is 8.00. The number of hydrogen-bond acceptors (Lipinski definition) is 6. The van der Waals surface area contributed by atoms with E-state index in [0.717, 1.165) is 10.7 Å². The predicted molar refractivity (Wildman–Crippen MR) is 100 cm³/mol. The van der Waals surface area contributed by atoms with E-state index >= 15 is 0 Å². The Morgan fingerprint density at radius 3 is 2.96 bits per heavy atom. The Kier molecular flexibility index (Phi) is 5.69. The number of rotatable bonds is 5. The molecule has 3 rings (SSSR count). The van der Waals surface area contributed by atoms with Crippen molar-refractivity contribution >= 4 is 50.6 Å². The quantitative estimate of drug-likeness (QED) is 0.808. The highest BCUT2D eigenvalue weighted by atomic mass is 35.5. The van der Waals surface area contributed by atoms with Crippen molar-refractivity contribution in [3.05, 3.63) is 45.4 Å². The Balaban J connectivity index is 1.74. The first-order valence-corrected chi connectivity index (χ1v) is 11.3. The molecule has 0 spiro atoms. The van der Waals surface area contributed by atoms with Crippen LogP contribution >= 0.6 is 34.7 Å². The molecular formula is C15H16ClN3O3S3. The number of hydrogen-bond donors (Lipinski definition) is 1. The first-order valence-electron chi connectivity index (χ1n) is 7.42. The molecule has 1 aliphatic rings. The summed E-state index contributed by atoms with van der Waals surface area (Å²) < 4.78 is 26.9. The third kappa shape index (κ3) is 4.17. The molecule has 25 heavy (non-hydrogen) atoms. The number of amides is 1. The van der Waals surface area contributed by atoms with E-state index in [1.54, 1.807) is 12.1 Å². The fourth-order valence-corrected chi connectivity index (χ4v) is 6.48. The Hall–Kier alpha value is -1.13. The minimum absolute atomic E-state index is 0.0930. The van der Waals surface area contributed by atoms with Crippen molar-refractivity contribution in [1.82, 2.24) is 14.6 Å². The highest BCUT2D eigenvalue weighted by Gasteiger charge is 2.40. The van der Waals surface area contributed by atoms with Gasteiger partial charge < -0.3 is 5.32 Å². The molecule has 1 atom stereocenters. The van der Waals surface area contributed by atoms with Crippen molar-refractivity contribution in [1.29, 1.82) is 0 Å². The molecule has 1 fully saturated rings. The molecule has 10 heteroatoms. The van der Waals surface area contributed by atoms with Crippen molar-refractivity contribution < 1.29 is 13.2 Å². The van der Waals surface area contributed by atoms with Crippen molar-refractivity contribution in [2.75, 3.05) is 11.6 Å². The molecule has 1 aliphatic heterocycles. The van der Waals surface area contributed by atoms with Gasteiger partial charge in [0.15, 0.2) is 0 Å². The van der Waals surface area contributed by atoms with Crippen molar-refractivity contribution in [3.63, 3.8) is 0 Å². The standard InChI is InChI=1S/C15H16ClN3O3S3/c1-10-18-12(7-24-10)6-17-15(20)14-8-23-9-19(14)25(21,22)13-4-2-3-11(16)5-13/h2-5,7,14H,6,8-9H2,1H3,(H,17,20). The molecule has 1 N–H and O–H groups in total. The third-order valence-corrected chi connectivity index (χ3v) is 7.74. The van der Waals surface area contributed by atoms with Gasteiger partial charge in [0.2, 0.25) is 15.9 Å². The van der Waals surface area contributed by atoms with Crippen molar-refractivity contribution in [2.45, 2.75) is 24.4 Å². The minimum atomic E-state index is -3.78. The number of carbonyl (C=O) groups excluding carboxylic acids is 1. The summed E-state index contributed by atoms with van der Waals surface area (Å²) in [7, 11) is -3.78. The molecule has 0 radical (unpaired) electrons. The first kappa shape index (κ1) is 18.7. The number of nitrogens with one attached hydrogen (secondary N) is 1. The average Bonchev–Trinajstić information content (AvgIpc) is 3.22. The molecule has 0 aliphatic carbocycles. The van der Waals surface area contributed by atoms with E-state index in [2.05, 4.69) is 10.3 Å². The second-order valence-corrected chi connectivity index (χ2v) is 9.83. The van der Waals surface area contributed by atoms with Crippen LogP contribution in [0.1, 0.15) is 10.7 Å². The van der Waals surface area contributed by atoms with Crippen LogP contribution in [0.5, 0.6) is 0 Å². The number of nitrogens with zero attached hydrogens (tertiary/aromatic N) is 2. The zero-order chi connectivity index (χ0) is 18.0. The lowest BCUT2D eigenvalue weighted by atomic mass is 10.3. The van der Waals surface area contributed by atoms with E-state index < -0.39 is 16.1 Å². The van der Waals surface area contributed by atoms with Crippen LogP contribution in [0, 0.1) is 6.92 Å². The topological polar surface area (TPSA) is 79.4 Å². The van der Waals surface area contributed by atoms with Crippen LogP contribution in [0.25, 0.3) is 0 Å². The van der Waals surface area contributed by atoms with Crippen molar-refractivity contribution in [2.24, 2.45) is 0 Å². The number of halogens is 1. The highest BCUT2D eigenvalue weighted by Crippen LogP contribution is 2.29. The van der Waals surface area contributed by atoms with E-state index in [1.807, 2.05) is 12.3 Å². The van der Waals surface area contributed by atoms with Crippen LogP contribution in [-0.2, 0) is 21.4 Å². The zero-order valence-corrected chi connectivity index (χ0v) is 16.5. The summed E-state index contributed by atoms with van der Waals surface area (Å²) in [4.78, 5) is 16.9. The number of thiazole rings is 1. The summed E-state index contributed by atoms with van der Waals surface area (Å²) in [6.07, 6.45) is 0. The second kappa shape index (κ2) is 7.63. The van der Waals surface area contributed by atoms with Gasteiger partial charge in [0.1, 0.15) is 6.04 Å². The monoisotopic (exact) mass is 417 g/mol. The van der Waals surface area contributed by atoms with Gasteiger partial charge >= 0.3 is 0 Å². The van der Waals surface area contributed by atoms with Crippen LogP contribution in [0.2, 0.25) is 5.02 Å². The molecule has 1 amide bonds. The number of carbonyl (C=O) groups is 1. The smallest absolute Gasteiger partial charge is 0.244 e. The van der Waals surface area contributed by atoms with Crippen LogP contribution in [0.4, 0.5) is 0 Å². The second-order valence-electron chi connectivity index (χ2n) is 5.44.